The molecular weight excluding hydrogens is 244 g/mol. The molecule has 1 N–H and O–H groups in total. The van der Waals surface area contributed by atoms with Crippen molar-refractivity contribution in [3.63, 3.8) is 0 Å². The number of rotatable bonds is 4. The number of hydrogen-bond donors (Lipinski definition) is 1. The molecule has 0 bridgehead atoms. The van der Waals surface area contributed by atoms with Gasteiger partial charge in [0, 0.05) is 23.7 Å². The number of nitrogens with zero attached hydrogens (tertiary/aromatic N) is 1. The molecule has 0 saturated carbocycles. The summed E-state index contributed by atoms with van der Waals surface area (Å²) >= 11 is 6.37. The van der Waals surface area contributed by atoms with E-state index >= 15 is 0 Å². The van der Waals surface area contributed by atoms with Crippen molar-refractivity contribution in [3.05, 3.63) is 35.0 Å². The summed E-state index contributed by atoms with van der Waals surface area (Å²) in [6.07, 6.45) is 3.24. The Hall–Kier alpha value is -0.990. The summed E-state index contributed by atoms with van der Waals surface area (Å²) in [5.74, 6) is 0. The maximum absolute atomic E-state index is 6.37. The number of hydrogen-bond acceptors (Lipinski definition) is 1. The van der Waals surface area contributed by atoms with Crippen LogP contribution in [-0.2, 0) is 6.42 Å². The maximum atomic E-state index is 6.37. The van der Waals surface area contributed by atoms with Gasteiger partial charge in [-0.15, -0.1) is 0 Å². The van der Waals surface area contributed by atoms with E-state index < -0.39 is 0 Å². The fourth-order valence-electron chi connectivity index (χ4n) is 2.36. The summed E-state index contributed by atoms with van der Waals surface area (Å²) in [7, 11) is 1.99. The Morgan fingerprint density at radius 1 is 1.28 bits per heavy atom. The molecule has 2 rings (SSSR count). The average Bonchev–Trinajstić information content (AvgIpc) is 2.69. The fourth-order valence-corrected chi connectivity index (χ4v) is 2.65. The average molecular weight is 265 g/mol. The first-order chi connectivity index (χ1) is 8.54. The van der Waals surface area contributed by atoms with Crippen LogP contribution in [0.5, 0.6) is 0 Å². The summed E-state index contributed by atoms with van der Waals surface area (Å²) in [6, 6.07) is 7.04. The van der Waals surface area contributed by atoms with E-state index in [1.165, 1.54) is 16.5 Å². The highest BCUT2D eigenvalue weighted by Gasteiger charge is 2.14. The smallest absolute Gasteiger partial charge is 0.0502 e. The van der Waals surface area contributed by atoms with Gasteiger partial charge >= 0.3 is 0 Å². The van der Waals surface area contributed by atoms with Crippen LogP contribution in [0.2, 0.25) is 5.02 Å². The predicted molar refractivity (Wildman–Crippen MR) is 79.6 cm³/mol. The highest BCUT2D eigenvalue weighted by Crippen LogP contribution is 2.31. The molecule has 1 atom stereocenters. The van der Waals surface area contributed by atoms with E-state index in [-0.39, 0.29) is 0 Å². The molecule has 0 spiro atoms. The largest absolute Gasteiger partial charge is 0.345 e. The Kier molecular flexibility index (Phi) is 3.98. The minimum Gasteiger partial charge on any atom is -0.345 e. The molecule has 0 amide bonds. The zero-order valence-electron chi connectivity index (χ0n) is 11.5. The number of benzene rings is 1. The summed E-state index contributed by atoms with van der Waals surface area (Å²) < 4.78 is 2.30. The van der Waals surface area contributed by atoms with Gasteiger partial charge in [0.15, 0.2) is 0 Å². The molecule has 0 radical (unpaired) electrons. The third kappa shape index (κ3) is 2.40. The summed E-state index contributed by atoms with van der Waals surface area (Å²) in [5, 5.41) is 5.34. The van der Waals surface area contributed by atoms with Gasteiger partial charge in [0.1, 0.15) is 0 Å². The van der Waals surface area contributed by atoms with Gasteiger partial charge < -0.3 is 9.88 Å². The molecule has 1 heterocycles. The Labute approximate surface area is 114 Å². The number of likely N-dealkylation sites (N-methyl/N-ethyl adjacent to an activating group) is 1. The van der Waals surface area contributed by atoms with E-state index in [2.05, 4.69) is 42.9 Å². The van der Waals surface area contributed by atoms with Crippen LogP contribution in [-0.4, -0.2) is 17.7 Å². The second-order valence-corrected chi connectivity index (χ2v) is 5.59. The maximum Gasteiger partial charge on any atom is 0.0502 e. The lowest BCUT2D eigenvalue weighted by atomic mass is 10.1. The number of nitrogens with one attached hydrogen (secondary N) is 1. The standard InChI is InChI=1S/C15H21ClN2/c1-10(2)18-9-12(8-11(3)17-4)15-13(16)6-5-7-14(15)18/h5-7,9-11,17H,8H2,1-4H3. The van der Waals surface area contributed by atoms with Gasteiger partial charge in [-0.25, -0.2) is 0 Å². The second-order valence-electron chi connectivity index (χ2n) is 5.18. The van der Waals surface area contributed by atoms with E-state index in [0.29, 0.717) is 12.1 Å². The molecule has 98 valence electrons. The topological polar surface area (TPSA) is 17.0 Å². The highest BCUT2D eigenvalue weighted by atomic mass is 35.5. The first-order valence-corrected chi connectivity index (χ1v) is 6.87. The normalized spacial score (nSPS) is 13.4. The Balaban J connectivity index is 2.58. The molecular formula is C15H21ClN2. The molecule has 0 aliphatic heterocycles. The SMILES string of the molecule is CNC(C)Cc1cn(C(C)C)c2cccc(Cl)c12. The van der Waals surface area contributed by atoms with Crippen LogP contribution in [0.3, 0.4) is 0 Å². The molecule has 3 heteroatoms. The third-order valence-corrected chi connectivity index (χ3v) is 3.78. The lowest BCUT2D eigenvalue weighted by Gasteiger charge is -2.09. The van der Waals surface area contributed by atoms with Crippen molar-refractivity contribution in [2.45, 2.75) is 39.3 Å². The Morgan fingerprint density at radius 2 is 2.00 bits per heavy atom. The lowest BCUT2D eigenvalue weighted by Crippen LogP contribution is -2.23. The van der Waals surface area contributed by atoms with E-state index in [0.717, 1.165) is 11.4 Å². The van der Waals surface area contributed by atoms with Crippen LogP contribution in [0.4, 0.5) is 0 Å². The fraction of sp³-hybridized carbons (Fsp3) is 0.467. The van der Waals surface area contributed by atoms with Crippen molar-refractivity contribution in [1.82, 2.24) is 9.88 Å². The van der Waals surface area contributed by atoms with Gasteiger partial charge in [-0.2, -0.15) is 0 Å². The first kappa shape index (κ1) is 13.4. The molecule has 0 aliphatic rings. The van der Waals surface area contributed by atoms with E-state index in [1.807, 2.05) is 19.2 Å². The first-order valence-electron chi connectivity index (χ1n) is 6.49. The van der Waals surface area contributed by atoms with Crippen molar-refractivity contribution in [2.24, 2.45) is 0 Å². The number of halogens is 1. The van der Waals surface area contributed by atoms with Crippen molar-refractivity contribution >= 4 is 22.5 Å². The number of aromatic nitrogens is 1. The van der Waals surface area contributed by atoms with Gasteiger partial charge in [-0.05, 0) is 51.9 Å². The van der Waals surface area contributed by atoms with Gasteiger partial charge in [-0.1, -0.05) is 17.7 Å². The number of fused-ring (bicyclic) bond motifs is 1. The van der Waals surface area contributed by atoms with Crippen LogP contribution in [0.25, 0.3) is 10.9 Å². The minimum absolute atomic E-state index is 0.449. The lowest BCUT2D eigenvalue weighted by molar-refractivity contribution is 0.598. The summed E-state index contributed by atoms with van der Waals surface area (Å²) in [4.78, 5) is 0. The zero-order chi connectivity index (χ0) is 13.3. The van der Waals surface area contributed by atoms with Crippen LogP contribution < -0.4 is 5.32 Å². The van der Waals surface area contributed by atoms with Crippen molar-refractivity contribution in [2.75, 3.05) is 7.05 Å². The Bertz CT molecular complexity index is 543. The molecule has 0 aliphatic carbocycles. The van der Waals surface area contributed by atoms with Crippen LogP contribution >= 0.6 is 11.6 Å². The van der Waals surface area contributed by atoms with E-state index in [4.69, 9.17) is 11.6 Å². The Morgan fingerprint density at radius 3 is 2.61 bits per heavy atom. The monoisotopic (exact) mass is 264 g/mol. The van der Waals surface area contributed by atoms with Crippen molar-refractivity contribution in [1.29, 1.82) is 0 Å². The molecule has 2 aromatic rings. The second kappa shape index (κ2) is 5.33. The van der Waals surface area contributed by atoms with Gasteiger partial charge in [0.2, 0.25) is 0 Å². The van der Waals surface area contributed by atoms with Crippen LogP contribution in [0.1, 0.15) is 32.4 Å². The molecule has 1 unspecified atom stereocenters. The van der Waals surface area contributed by atoms with Crippen molar-refractivity contribution in [3.8, 4) is 0 Å². The highest BCUT2D eigenvalue weighted by molar-refractivity contribution is 6.35. The molecule has 0 saturated heterocycles. The third-order valence-electron chi connectivity index (χ3n) is 3.46. The van der Waals surface area contributed by atoms with Gasteiger partial charge in [-0.3, -0.25) is 0 Å². The minimum atomic E-state index is 0.449. The molecule has 1 aromatic heterocycles. The molecule has 0 fully saturated rings. The van der Waals surface area contributed by atoms with Gasteiger partial charge in [0.25, 0.3) is 0 Å². The summed E-state index contributed by atoms with van der Waals surface area (Å²) in [6.45, 7) is 6.59. The molecule has 1 aromatic carbocycles. The zero-order valence-corrected chi connectivity index (χ0v) is 12.3. The van der Waals surface area contributed by atoms with E-state index in [1.54, 1.807) is 0 Å². The van der Waals surface area contributed by atoms with Crippen LogP contribution in [0.15, 0.2) is 24.4 Å². The molecule has 18 heavy (non-hydrogen) atoms. The summed E-state index contributed by atoms with van der Waals surface area (Å²) in [5.41, 5.74) is 2.56. The van der Waals surface area contributed by atoms with E-state index in [9.17, 15) is 0 Å². The van der Waals surface area contributed by atoms with Crippen LogP contribution in [0, 0.1) is 0 Å². The predicted octanol–water partition coefficient (Wildman–Crippen LogP) is 4.03. The molecule has 2 nitrogen and oxygen atoms in total. The van der Waals surface area contributed by atoms with Crippen molar-refractivity contribution < 1.29 is 0 Å². The quantitative estimate of drug-likeness (QED) is 0.882. The van der Waals surface area contributed by atoms with Gasteiger partial charge in [0.05, 0.1) is 10.5 Å².